The van der Waals surface area contributed by atoms with Crippen molar-refractivity contribution in [1.29, 1.82) is 0 Å². The van der Waals surface area contributed by atoms with Gasteiger partial charge in [-0.25, -0.2) is 0 Å². The molecule has 88 valence electrons. The Morgan fingerprint density at radius 1 is 1.60 bits per heavy atom. The number of rotatable bonds is 6. The van der Waals surface area contributed by atoms with E-state index in [9.17, 15) is 9.90 Å². The fourth-order valence-electron chi connectivity index (χ4n) is 2.00. The Labute approximate surface area is 94.4 Å². The molecule has 5 heteroatoms. The summed E-state index contributed by atoms with van der Waals surface area (Å²) in [6.07, 6.45) is 4.71. The fourth-order valence-corrected chi connectivity index (χ4v) is 2.97. The van der Waals surface area contributed by atoms with Crippen molar-refractivity contribution in [2.24, 2.45) is 0 Å². The van der Waals surface area contributed by atoms with E-state index in [4.69, 9.17) is 5.11 Å². The standard InChI is InChI=1S/C10H19NO3S/c1-15-9-4-2-3-8(9)11-6-7(12)5-10(13)14/h7-9,11-12H,2-6H2,1H3,(H,13,14). The summed E-state index contributed by atoms with van der Waals surface area (Å²) in [7, 11) is 0. The number of aliphatic hydroxyl groups is 1. The first kappa shape index (κ1) is 12.8. The van der Waals surface area contributed by atoms with Gasteiger partial charge in [0.25, 0.3) is 0 Å². The van der Waals surface area contributed by atoms with Crippen LogP contribution in [0.3, 0.4) is 0 Å². The van der Waals surface area contributed by atoms with Crippen LogP contribution in [0.25, 0.3) is 0 Å². The van der Waals surface area contributed by atoms with E-state index in [1.807, 2.05) is 11.8 Å². The van der Waals surface area contributed by atoms with Gasteiger partial charge in [0.05, 0.1) is 12.5 Å². The zero-order valence-corrected chi connectivity index (χ0v) is 9.80. The van der Waals surface area contributed by atoms with Gasteiger partial charge in [-0.2, -0.15) is 11.8 Å². The van der Waals surface area contributed by atoms with Crippen molar-refractivity contribution in [3.63, 3.8) is 0 Å². The minimum Gasteiger partial charge on any atom is -0.481 e. The van der Waals surface area contributed by atoms with Gasteiger partial charge in [0.2, 0.25) is 0 Å². The molecule has 3 N–H and O–H groups in total. The lowest BCUT2D eigenvalue weighted by Crippen LogP contribution is -2.39. The average Bonchev–Trinajstić information content (AvgIpc) is 2.60. The molecule has 0 heterocycles. The van der Waals surface area contributed by atoms with Crippen molar-refractivity contribution >= 4 is 17.7 Å². The van der Waals surface area contributed by atoms with Gasteiger partial charge in [-0.15, -0.1) is 0 Å². The molecule has 3 atom stereocenters. The van der Waals surface area contributed by atoms with Crippen LogP contribution in [-0.2, 0) is 4.79 Å². The third kappa shape index (κ3) is 4.40. The summed E-state index contributed by atoms with van der Waals surface area (Å²) in [5, 5.41) is 21.7. The highest BCUT2D eigenvalue weighted by atomic mass is 32.2. The van der Waals surface area contributed by atoms with E-state index in [0.29, 0.717) is 17.8 Å². The SMILES string of the molecule is CSC1CCCC1NCC(O)CC(=O)O. The van der Waals surface area contributed by atoms with Crippen LogP contribution in [0.4, 0.5) is 0 Å². The van der Waals surface area contributed by atoms with Crippen LogP contribution in [0.15, 0.2) is 0 Å². The highest BCUT2D eigenvalue weighted by molar-refractivity contribution is 7.99. The highest BCUT2D eigenvalue weighted by Crippen LogP contribution is 2.28. The minimum atomic E-state index is -0.947. The molecule has 0 aliphatic heterocycles. The summed E-state index contributed by atoms with van der Waals surface area (Å²) >= 11 is 1.85. The summed E-state index contributed by atoms with van der Waals surface area (Å²) in [5.41, 5.74) is 0. The summed E-state index contributed by atoms with van der Waals surface area (Å²) < 4.78 is 0. The fraction of sp³-hybridized carbons (Fsp3) is 0.900. The van der Waals surface area contributed by atoms with Crippen molar-refractivity contribution in [3.05, 3.63) is 0 Å². The van der Waals surface area contributed by atoms with E-state index in [1.54, 1.807) is 0 Å². The number of carbonyl (C=O) groups is 1. The molecular formula is C10H19NO3S. The van der Waals surface area contributed by atoms with Crippen LogP contribution in [-0.4, -0.2) is 46.4 Å². The Balaban J connectivity index is 2.21. The number of nitrogens with one attached hydrogen (secondary N) is 1. The molecule has 0 amide bonds. The topological polar surface area (TPSA) is 69.6 Å². The molecule has 4 nitrogen and oxygen atoms in total. The van der Waals surface area contributed by atoms with E-state index < -0.39 is 12.1 Å². The second-order valence-corrected chi connectivity index (χ2v) is 5.05. The number of hydrogen-bond acceptors (Lipinski definition) is 4. The summed E-state index contributed by atoms with van der Waals surface area (Å²) in [4.78, 5) is 10.3. The Morgan fingerprint density at radius 3 is 2.93 bits per heavy atom. The molecule has 1 saturated carbocycles. The third-order valence-electron chi connectivity index (χ3n) is 2.78. The Kier molecular flexibility index (Phi) is 5.42. The highest BCUT2D eigenvalue weighted by Gasteiger charge is 2.26. The second-order valence-electron chi connectivity index (χ2n) is 3.97. The first-order chi connectivity index (χ1) is 7.13. The molecule has 1 aliphatic carbocycles. The van der Waals surface area contributed by atoms with Crippen LogP contribution in [0.5, 0.6) is 0 Å². The number of aliphatic carboxylic acids is 1. The van der Waals surface area contributed by atoms with E-state index in [2.05, 4.69) is 11.6 Å². The quantitative estimate of drug-likeness (QED) is 0.630. The van der Waals surface area contributed by atoms with Crippen LogP contribution >= 0.6 is 11.8 Å². The summed E-state index contributed by atoms with van der Waals surface area (Å²) in [6.45, 7) is 0.383. The van der Waals surface area contributed by atoms with Gasteiger partial charge in [-0.1, -0.05) is 6.42 Å². The van der Waals surface area contributed by atoms with Gasteiger partial charge in [0.1, 0.15) is 0 Å². The van der Waals surface area contributed by atoms with Gasteiger partial charge >= 0.3 is 5.97 Å². The van der Waals surface area contributed by atoms with Crippen LogP contribution in [0, 0.1) is 0 Å². The maximum atomic E-state index is 10.3. The van der Waals surface area contributed by atoms with Crippen LogP contribution < -0.4 is 5.32 Å². The van der Waals surface area contributed by atoms with Gasteiger partial charge in [-0.3, -0.25) is 4.79 Å². The second kappa shape index (κ2) is 6.35. The third-order valence-corrected chi connectivity index (χ3v) is 3.95. The van der Waals surface area contributed by atoms with Crippen molar-refractivity contribution in [3.8, 4) is 0 Å². The maximum absolute atomic E-state index is 10.3. The van der Waals surface area contributed by atoms with Gasteiger partial charge in [-0.05, 0) is 19.1 Å². The lowest BCUT2D eigenvalue weighted by atomic mass is 10.2. The van der Waals surface area contributed by atoms with E-state index in [0.717, 1.165) is 6.42 Å². The minimum absolute atomic E-state index is 0.177. The van der Waals surface area contributed by atoms with Crippen LogP contribution in [0.2, 0.25) is 0 Å². The van der Waals surface area contributed by atoms with Crippen molar-refractivity contribution in [2.75, 3.05) is 12.8 Å². The summed E-state index contributed by atoms with van der Waals surface area (Å²) in [5.74, 6) is -0.947. The number of carboxylic acids is 1. The first-order valence-corrected chi connectivity index (χ1v) is 6.58. The number of aliphatic hydroxyl groups excluding tert-OH is 1. The molecule has 0 aromatic carbocycles. The lowest BCUT2D eigenvalue weighted by Gasteiger charge is -2.20. The molecule has 15 heavy (non-hydrogen) atoms. The van der Waals surface area contributed by atoms with Crippen molar-refractivity contribution in [1.82, 2.24) is 5.32 Å². The normalized spacial score (nSPS) is 27.9. The molecule has 0 aromatic rings. The van der Waals surface area contributed by atoms with Crippen molar-refractivity contribution < 1.29 is 15.0 Å². The Hall–Kier alpha value is -0.260. The monoisotopic (exact) mass is 233 g/mol. The van der Waals surface area contributed by atoms with E-state index >= 15 is 0 Å². The molecule has 3 unspecified atom stereocenters. The smallest absolute Gasteiger partial charge is 0.306 e. The largest absolute Gasteiger partial charge is 0.481 e. The van der Waals surface area contributed by atoms with Gasteiger partial charge < -0.3 is 15.5 Å². The number of hydrogen-bond donors (Lipinski definition) is 3. The molecule has 0 saturated heterocycles. The summed E-state index contributed by atoms with van der Waals surface area (Å²) in [6, 6.07) is 0.434. The van der Waals surface area contributed by atoms with Crippen LogP contribution in [0.1, 0.15) is 25.7 Å². The van der Waals surface area contributed by atoms with Crippen molar-refractivity contribution in [2.45, 2.75) is 43.1 Å². The lowest BCUT2D eigenvalue weighted by molar-refractivity contribution is -0.139. The zero-order valence-electron chi connectivity index (χ0n) is 8.98. The molecule has 0 aromatic heterocycles. The molecule has 0 radical (unpaired) electrons. The van der Waals surface area contributed by atoms with Gasteiger partial charge in [0.15, 0.2) is 0 Å². The molecule has 0 bridgehead atoms. The predicted octanol–water partition coefficient (Wildman–Crippen LogP) is 0.696. The Bertz CT molecular complexity index is 213. The maximum Gasteiger partial charge on any atom is 0.306 e. The van der Waals surface area contributed by atoms with E-state index in [1.165, 1.54) is 12.8 Å². The molecule has 0 spiro atoms. The predicted molar refractivity (Wildman–Crippen MR) is 61.2 cm³/mol. The molecule has 1 rings (SSSR count). The average molecular weight is 233 g/mol. The van der Waals surface area contributed by atoms with Gasteiger partial charge in [0, 0.05) is 17.8 Å². The zero-order chi connectivity index (χ0) is 11.3. The first-order valence-electron chi connectivity index (χ1n) is 5.29. The molecule has 1 aliphatic rings. The number of carboxylic acid groups (broad SMARTS) is 1. The number of thioether (sulfide) groups is 1. The molecular weight excluding hydrogens is 214 g/mol. The van der Waals surface area contributed by atoms with E-state index in [-0.39, 0.29) is 6.42 Å². The Morgan fingerprint density at radius 2 is 2.33 bits per heavy atom. The molecule has 1 fully saturated rings.